The normalized spacial score (nSPS) is 13.1. The van der Waals surface area contributed by atoms with Crippen molar-refractivity contribution in [2.24, 2.45) is 0 Å². The molecule has 10 heteroatoms. The van der Waals surface area contributed by atoms with Crippen LogP contribution in [0.3, 0.4) is 0 Å². The third kappa shape index (κ3) is 2.58. The maximum atomic E-state index is 12.5. The van der Waals surface area contributed by atoms with Crippen LogP contribution >= 0.6 is 15.9 Å². The number of rotatable bonds is 3. The number of imide groups is 1. The number of carbonyl (C=O) groups is 2. The predicted molar refractivity (Wildman–Crippen MR) is 96.7 cm³/mol. The molecule has 0 saturated carbocycles. The lowest BCUT2D eigenvalue weighted by molar-refractivity contribution is -0.384. The van der Waals surface area contributed by atoms with Crippen LogP contribution in [-0.2, 0) is 0 Å². The fourth-order valence-electron chi connectivity index (χ4n) is 2.81. The molecule has 0 atom stereocenters. The highest BCUT2D eigenvalue weighted by Gasteiger charge is 2.33. The Morgan fingerprint density at radius 2 is 1.85 bits per heavy atom. The second kappa shape index (κ2) is 6.06. The van der Waals surface area contributed by atoms with E-state index in [4.69, 9.17) is 5.73 Å². The number of nitro benzene ring substituents is 1. The van der Waals surface area contributed by atoms with Crippen LogP contribution in [0.15, 0.2) is 27.5 Å². The van der Waals surface area contributed by atoms with Gasteiger partial charge in [-0.05, 0) is 33.5 Å². The summed E-state index contributed by atoms with van der Waals surface area (Å²) >= 11 is 3.26. The summed E-state index contributed by atoms with van der Waals surface area (Å²) < 4.78 is 1.14. The molecule has 2 aromatic rings. The van der Waals surface area contributed by atoms with Gasteiger partial charge in [0.2, 0.25) is 0 Å². The highest BCUT2D eigenvalue weighted by molar-refractivity contribution is 9.10. The van der Waals surface area contributed by atoms with E-state index >= 15 is 0 Å². The Kier molecular flexibility index (Phi) is 4.15. The minimum atomic E-state index is -0.757. The monoisotopic (exact) mass is 420 g/mol. The maximum Gasteiger partial charge on any atom is 0.294 e. The smallest absolute Gasteiger partial charge is 0.294 e. The third-order valence-corrected chi connectivity index (χ3v) is 4.71. The summed E-state index contributed by atoms with van der Waals surface area (Å²) in [4.78, 5) is 47.2. The van der Waals surface area contributed by atoms with Gasteiger partial charge in [0, 0.05) is 16.6 Å². The molecular weight excluding hydrogens is 408 g/mol. The van der Waals surface area contributed by atoms with E-state index in [2.05, 4.69) is 15.9 Å². The number of nitrogens with one attached hydrogen (secondary N) is 1. The number of hydrogen-bond donors (Lipinski definition) is 2. The van der Waals surface area contributed by atoms with E-state index in [1.165, 1.54) is 6.07 Å². The Hall–Kier alpha value is -3.01. The van der Waals surface area contributed by atoms with Crippen LogP contribution < -0.4 is 16.6 Å². The Morgan fingerprint density at radius 1 is 1.19 bits per heavy atom. The molecule has 1 aromatic heterocycles. The molecule has 3 rings (SSSR count). The number of nitrogens with zero attached hydrogens (tertiary/aromatic N) is 2. The summed E-state index contributed by atoms with van der Waals surface area (Å²) in [6, 6.07) is 3.95. The highest BCUT2D eigenvalue weighted by atomic mass is 79.9. The van der Waals surface area contributed by atoms with Crippen molar-refractivity contribution in [2.45, 2.75) is 19.8 Å². The second-order valence-corrected chi connectivity index (χ2v) is 6.91. The van der Waals surface area contributed by atoms with Crippen LogP contribution in [0.4, 0.5) is 11.5 Å². The molecule has 2 heterocycles. The van der Waals surface area contributed by atoms with Crippen molar-refractivity contribution >= 4 is 39.2 Å². The third-order valence-electron chi connectivity index (χ3n) is 4.11. The molecule has 134 valence electrons. The summed E-state index contributed by atoms with van der Waals surface area (Å²) in [6.45, 7) is 3.74. The van der Waals surface area contributed by atoms with Crippen LogP contribution in [0, 0.1) is 10.1 Å². The molecule has 26 heavy (non-hydrogen) atoms. The van der Waals surface area contributed by atoms with Gasteiger partial charge in [0.05, 0.1) is 16.1 Å². The lowest BCUT2D eigenvalue weighted by Crippen LogP contribution is -2.25. The van der Waals surface area contributed by atoms with Crippen molar-refractivity contribution in [3.63, 3.8) is 0 Å². The van der Waals surface area contributed by atoms with Gasteiger partial charge in [0.15, 0.2) is 0 Å². The fraction of sp³-hybridized carbons (Fsp3) is 0.188. The standard InChI is InChI=1S/C16H13BrN4O5/c1-6(2)7-3-9(17)13(10(4-7)21(25)26)20-11(22)5-8-12(14(20)18)16(24)19-15(8)23/h3-6H,18H2,1-2H3,(H,19,23,24). The number of hydrogen-bond acceptors (Lipinski definition) is 6. The number of amides is 2. The lowest BCUT2D eigenvalue weighted by atomic mass is 10.0. The molecule has 2 amide bonds. The summed E-state index contributed by atoms with van der Waals surface area (Å²) in [5, 5.41) is 13.6. The van der Waals surface area contributed by atoms with Crippen LogP contribution in [0.25, 0.3) is 5.69 Å². The van der Waals surface area contributed by atoms with Gasteiger partial charge in [-0.15, -0.1) is 0 Å². The van der Waals surface area contributed by atoms with E-state index in [1.54, 1.807) is 6.07 Å². The fourth-order valence-corrected chi connectivity index (χ4v) is 3.45. The molecule has 0 radical (unpaired) electrons. The van der Waals surface area contributed by atoms with E-state index in [9.17, 15) is 24.5 Å². The summed E-state index contributed by atoms with van der Waals surface area (Å²) in [6.07, 6.45) is 0. The Balaban J connectivity index is 2.41. The first-order chi connectivity index (χ1) is 12.1. The number of fused-ring (bicyclic) bond motifs is 1. The number of carbonyl (C=O) groups excluding carboxylic acids is 2. The van der Waals surface area contributed by atoms with Crippen molar-refractivity contribution in [1.82, 2.24) is 9.88 Å². The number of nitrogen functional groups attached to an aromatic ring is 1. The first kappa shape index (κ1) is 17.8. The van der Waals surface area contributed by atoms with Gasteiger partial charge in [-0.3, -0.25) is 34.4 Å². The van der Waals surface area contributed by atoms with E-state index in [0.717, 1.165) is 10.6 Å². The highest BCUT2D eigenvalue weighted by Crippen LogP contribution is 2.36. The topological polar surface area (TPSA) is 137 Å². The van der Waals surface area contributed by atoms with E-state index < -0.39 is 22.3 Å². The molecule has 0 spiro atoms. The molecule has 0 bridgehead atoms. The molecular formula is C16H13BrN4O5. The SMILES string of the molecule is CC(C)c1cc(Br)c(-n2c(N)c3c(cc2=O)C(=O)NC3=O)c([N+](=O)[O-])c1. The zero-order chi connectivity index (χ0) is 19.3. The average molecular weight is 421 g/mol. The Morgan fingerprint density at radius 3 is 2.42 bits per heavy atom. The van der Waals surface area contributed by atoms with Crippen LogP contribution in [0.5, 0.6) is 0 Å². The number of anilines is 1. The van der Waals surface area contributed by atoms with Crippen LogP contribution in [-0.4, -0.2) is 21.3 Å². The zero-order valence-corrected chi connectivity index (χ0v) is 15.3. The average Bonchev–Trinajstić information content (AvgIpc) is 2.82. The van der Waals surface area contributed by atoms with Crippen molar-refractivity contribution in [3.05, 3.63) is 59.8 Å². The van der Waals surface area contributed by atoms with Crippen molar-refractivity contribution in [3.8, 4) is 5.69 Å². The van der Waals surface area contributed by atoms with Gasteiger partial charge in [-0.25, -0.2) is 0 Å². The van der Waals surface area contributed by atoms with Gasteiger partial charge in [-0.2, -0.15) is 0 Å². The summed E-state index contributed by atoms with van der Waals surface area (Å²) in [7, 11) is 0. The predicted octanol–water partition coefficient (Wildman–Crippen LogP) is 2.10. The number of nitro groups is 1. The van der Waals surface area contributed by atoms with Crippen LogP contribution in [0.2, 0.25) is 0 Å². The quantitative estimate of drug-likeness (QED) is 0.442. The lowest BCUT2D eigenvalue weighted by Gasteiger charge is -2.15. The number of halogens is 1. The number of aromatic nitrogens is 1. The first-order valence-electron chi connectivity index (χ1n) is 7.53. The van der Waals surface area contributed by atoms with Gasteiger partial charge in [-0.1, -0.05) is 13.8 Å². The van der Waals surface area contributed by atoms with Gasteiger partial charge in [0.25, 0.3) is 23.1 Å². The minimum Gasteiger partial charge on any atom is -0.384 e. The first-order valence-corrected chi connectivity index (χ1v) is 8.32. The van der Waals surface area contributed by atoms with Gasteiger partial charge < -0.3 is 5.73 Å². The number of pyridine rings is 1. The van der Waals surface area contributed by atoms with Crippen LogP contribution in [0.1, 0.15) is 46.0 Å². The molecule has 0 fully saturated rings. The number of benzene rings is 1. The van der Waals surface area contributed by atoms with Crippen molar-refractivity contribution in [2.75, 3.05) is 5.73 Å². The molecule has 0 aliphatic carbocycles. The van der Waals surface area contributed by atoms with Gasteiger partial charge >= 0.3 is 0 Å². The molecule has 9 nitrogen and oxygen atoms in total. The molecule has 1 aromatic carbocycles. The molecule has 0 saturated heterocycles. The van der Waals surface area contributed by atoms with Crippen molar-refractivity contribution < 1.29 is 14.5 Å². The zero-order valence-electron chi connectivity index (χ0n) is 13.7. The van der Waals surface area contributed by atoms with E-state index in [-0.39, 0.29) is 38.7 Å². The molecule has 1 aliphatic rings. The minimum absolute atomic E-state index is 0.0107. The van der Waals surface area contributed by atoms with E-state index in [0.29, 0.717) is 5.56 Å². The largest absolute Gasteiger partial charge is 0.384 e. The number of nitrogens with two attached hydrogens (primary N) is 1. The van der Waals surface area contributed by atoms with Gasteiger partial charge in [0.1, 0.15) is 11.5 Å². The maximum absolute atomic E-state index is 12.5. The molecule has 0 unspecified atom stereocenters. The molecule has 1 aliphatic heterocycles. The van der Waals surface area contributed by atoms with Crippen molar-refractivity contribution in [1.29, 1.82) is 0 Å². The second-order valence-electron chi connectivity index (χ2n) is 6.06. The van der Waals surface area contributed by atoms with E-state index in [1.807, 2.05) is 19.2 Å². The Bertz CT molecular complexity index is 1060. The summed E-state index contributed by atoms with van der Waals surface area (Å²) in [5.41, 5.74) is 5.12. The Labute approximate surface area is 155 Å². The summed E-state index contributed by atoms with van der Waals surface area (Å²) in [5.74, 6) is -1.81. The molecule has 3 N–H and O–H groups in total.